The Balaban J connectivity index is 1.38. The number of carbonyl (C=O) groups excluding carboxylic acids is 1. The topological polar surface area (TPSA) is 85.3 Å². The Morgan fingerprint density at radius 2 is 1.52 bits per heavy atom. The Hall–Kier alpha value is -1.38. The van der Waals surface area contributed by atoms with Gasteiger partial charge in [-0.1, -0.05) is 0 Å². The van der Waals surface area contributed by atoms with E-state index >= 15 is 0 Å². The molecule has 142 valence electrons. The van der Waals surface area contributed by atoms with Crippen LogP contribution in [0, 0.1) is 0 Å². The standard InChI is InChI=1S/C17H30N4O4/c22-16(23)13-25-15-3-7-20(8-4-15)17(24)21-11-9-19(10-12-21)14-1-5-18-6-2-14/h14-15,18H,1-13H2,(H,22,23). The molecule has 0 spiro atoms. The molecule has 3 aliphatic rings. The van der Waals surface area contributed by atoms with Crippen molar-refractivity contribution in [1.29, 1.82) is 0 Å². The van der Waals surface area contributed by atoms with Crippen molar-refractivity contribution in [3.05, 3.63) is 0 Å². The summed E-state index contributed by atoms with van der Waals surface area (Å²) in [6, 6.07) is 0.794. The first kappa shape index (κ1) is 18.4. The summed E-state index contributed by atoms with van der Waals surface area (Å²) in [4.78, 5) is 29.7. The summed E-state index contributed by atoms with van der Waals surface area (Å²) < 4.78 is 5.34. The molecule has 0 atom stereocenters. The zero-order chi connectivity index (χ0) is 17.6. The second kappa shape index (κ2) is 8.82. The summed E-state index contributed by atoms with van der Waals surface area (Å²) in [5, 5.41) is 12.1. The van der Waals surface area contributed by atoms with Gasteiger partial charge in [0, 0.05) is 45.3 Å². The Morgan fingerprint density at radius 1 is 0.920 bits per heavy atom. The average molecular weight is 354 g/mol. The van der Waals surface area contributed by atoms with E-state index in [0.717, 1.165) is 39.3 Å². The number of carboxylic acid groups (broad SMARTS) is 1. The van der Waals surface area contributed by atoms with E-state index in [4.69, 9.17) is 9.84 Å². The van der Waals surface area contributed by atoms with E-state index in [0.29, 0.717) is 32.0 Å². The molecule has 3 saturated heterocycles. The number of piperidine rings is 2. The third-order valence-electron chi connectivity index (χ3n) is 5.56. The van der Waals surface area contributed by atoms with Crippen molar-refractivity contribution >= 4 is 12.0 Å². The highest BCUT2D eigenvalue weighted by molar-refractivity contribution is 5.74. The van der Waals surface area contributed by atoms with E-state index in [1.165, 1.54) is 12.8 Å². The number of carbonyl (C=O) groups is 2. The SMILES string of the molecule is O=C(O)COC1CCN(C(=O)N2CCN(C3CCNCC3)CC2)CC1. The number of nitrogens with zero attached hydrogens (tertiary/aromatic N) is 3. The molecule has 0 aromatic rings. The van der Waals surface area contributed by atoms with Gasteiger partial charge in [0.1, 0.15) is 6.61 Å². The summed E-state index contributed by atoms with van der Waals surface area (Å²) in [5.41, 5.74) is 0. The van der Waals surface area contributed by atoms with Crippen LogP contribution in [0.3, 0.4) is 0 Å². The molecule has 3 heterocycles. The fourth-order valence-corrected chi connectivity index (χ4v) is 4.05. The number of nitrogens with one attached hydrogen (secondary N) is 1. The summed E-state index contributed by atoms with van der Waals surface area (Å²) >= 11 is 0. The van der Waals surface area contributed by atoms with Crippen LogP contribution in [-0.4, -0.2) is 103 Å². The van der Waals surface area contributed by atoms with Gasteiger partial charge in [0.05, 0.1) is 6.10 Å². The number of piperazine rings is 1. The van der Waals surface area contributed by atoms with Gasteiger partial charge in [0.15, 0.2) is 0 Å². The number of likely N-dealkylation sites (tertiary alicyclic amines) is 1. The Morgan fingerprint density at radius 3 is 2.12 bits per heavy atom. The number of amides is 2. The lowest BCUT2D eigenvalue weighted by Gasteiger charge is -2.43. The van der Waals surface area contributed by atoms with Gasteiger partial charge in [-0.25, -0.2) is 9.59 Å². The lowest BCUT2D eigenvalue weighted by molar-refractivity contribution is -0.145. The Bertz CT molecular complexity index is 454. The predicted octanol–water partition coefficient (Wildman–Crippen LogP) is 0.0416. The quantitative estimate of drug-likeness (QED) is 0.742. The maximum Gasteiger partial charge on any atom is 0.329 e. The van der Waals surface area contributed by atoms with E-state index in [1.807, 2.05) is 9.80 Å². The molecule has 0 aliphatic carbocycles. The summed E-state index contributed by atoms with van der Waals surface area (Å²) in [6.07, 6.45) is 3.80. The zero-order valence-electron chi connectivity index (χ0n) is 14.9. The highest BCUT2D eigenvalue weighted by Gasteiger charge is 2.31. The van der Waals surface area contributed by atoms with Crippen molar-refractivity contribution in [2.24, 2.45) is 0 Å². The largest absolute Gasteiger partial charge is 0.480 e. The lowest BCUT2D eigenvalue weighted by Crippen LogP contribution is -2.57. The first-order chi connectivity index (χ1) is 12.1. The number of urea groups is 1. The number of hydrogen-bond acceptors (Lipinski definition) is 5. The van der Waals surface area contributed by atoms with E-state index in [2.05, 4.69) is 10.2 Å². The summed E-state index contributed by atoms with van der Waals surface area (Å²) in [5.74, 6) is -0.940. The molecule has 0 saturated carbocycles. The predicted molar refractivity (Wildman–Crippen MR) is 92.6 cm³/mol. The molecule has 0 aromatic heterocycles. The Labute approximate surface area is 149 Å². The fraction of sp³-hybridized carbons (Fsp3) is 0.882. The van der Waals surface area contributed by atoms with Crippen molar-refractivity contribution < 1.29 is 19.4 Å². The van der Waals surface area contributed by atoms with Crippen molar-refractivity contribution in [2.45, 2.75) is 37.8 Å². The van der Waals surface area contributed by atoms with Crippen molar-refractivity contribution in [3.8, 4) is 0 Å². The number of aliphatic carboxylic acids is 1. The van der Waals surface area contributed by atoms with Gasteiger partial charge in [-0.3, -0.25) is 4.90 Å². The molecule has 2 N–H and O–H groups in total. The average Bonchev–Trinajstić information content (AvgIpc) is 2.67. The van der Waals surface area contributed by atoms with Crippen molar-refractivity contribution in [1.82, 2.24) is 20.0 Å². The van der Waals surface area contributed by atoms with Crippen LogP contribution in [0.25, 0.3) is 0 Å². The first-order valence-electron chi connectivity index (χ1n) is 9.45. The van der Waals surface area contributed by atoms with Crippen LogP contribution in [0.2, 0.25) is 0 Å². The molecule has 2 amide bonds. The van der Waals surface area contributed by atoms with Gasteiger partial charge in [0.25, 0.3) is 0 Å². The molecule has 0 bridgehead atoms. The number of carboxylic acids is 1. The highest BCUT2D eigenvalue weighted by Crippen LogP contribution is 2.18. The normalized spacial score (nSPS) is 24.5. The molecular weight excluding hydrogens is 324 g/mol. The summed E-state index contributed by atoms with van der Waals surface area (Å²) in [6.45, 7) is 6.79. The van der Waals surface area contributed by atoms with E-state index in [9.17, 15) is 9.59 Å². The maximum atomic E-state index is 12.7. The third-order valence-corrected chi connectivity index (χ3v) is 5.56. The lowest BCUT2D eigenvalue weighted by atomic mass is 10.0. The van der Waals surface area contributed by atoms with Gasteiger partial charge < -0.3 is 25.0 Å². The monoisotopic (exact) mass is 354 g/mol. The van der Waals surface area contributed by atoms with Crippen LogP contribution in [0.5, 0.6) is 0 Å². The van der Waals surface area contributed by atoms with Crippen LogP contribution in [-0.2, 0) is 9.53 Å². The number of hydrogen-bond donors (Lipinski definition) is 2. The fourth-order valence-electron chi connectivity index (χ4n) is 4.05. The molecule has 8 nitrogen and oxygen atoms in total. The second-order valence-electron chi connectivity index (χ2n) is 7.18. The molecule has 3 fully saturated rings. The van der Waals surface area contributed by atoms with Crippen LogP contribution in [0.4, 0.5) is 4.79 Å². The molecule has 3 rings (SSSR count). The molecule has 0 aromatic carbocycles. The molecule has 0 unspecified atom stereocenters. The minimum atomic E-state index is -0.940. The molecule has 3 aliphatic heterocycles. The van der Waals surface area contributed by atoms with Crippen LogP contribution >= 0.6 is 0 Å². The molecule has 25 heavy (non-hydrogen) atoms. The van der Waals surface area contributed by atoms with Crippen molar-refractivity contribution in [2.75, 3.05) is 59.0 Å². The summed E-state index contributed by atoms with van der Waals surface area (Å²) in [7, 11) is 0. The minimum Gasteiger partial charge on any atom is -0.480 e. The molecule has 8 heteroatoms. The minimum absolute atomic E-state index is 0.0445. The Kier molecular flexibility index (Phi) is 6.50. The van der Waals surface area contributed by atoms with Crippen LogP contribution in [0.15, 0.2) is 0 Å². The zero-order valence-corrected chi connectivity index (χ0v) is 14.9. The van der Waals surface area contributed by atoms with E-state index < -0.39 is 5.97 Å². The second-order valence-corrected chi connectivity index (χ2v) is 7.18. The van der Waals surface area contributed by atoms with Gasteiger partial charge >= 0.3 is 12.0 Å². The first-order valence-corrected chi connectivity index (χ1v) is 9.45. The number of rotatable bonds is 4. The van der Waals surface area contributed by atoms with Gasteiger partial charge in [-0.2, -0.15) is 0 Å². The van der Waals surface area contributed by atoms with Crippen molar-refractivity contribution in [3.63, 3.8) is 0 Å². The van der Waals surface area contributed by atoms with Crippen LogP contribution < -0.4 is 5.32 Å². The van der Waals surface area contributed by atoms with E-state index in [-0.39, 0.29) is 18.7 Å². The molecular formula is C17H30N4O4. The van der Waals surface area contributed by atoms with E-state index in [1.54, 1.807) is 0 Å². The van der Waals surface area contributed by atoms with Gasteiger partial charge in [0.2, 0.25) is 0 Å². The smallest absolute Gasteiger partial charge is 0.329 e. The van der Waals surface area contributed by atoms with Crippen LogP contribution in [0.1, 0.15) is 25.7 Å². The maximum absolute atomic E-state index is 12.7. The highest BCUT2D eigenvalue weighted by atomic mass is 16.5. The number of ether oxygens (including phenoxy) is 1. The van der Waals surface area contributed by atoms with Gasteiger partial charge in [-0.15, -0.1) is 0 Å². The third kappa shape index (κ3) is 5.05. The molecule has 0 radical (unpaired) electrons. The van der Waals surface area contributed by atoms with Gasteiger partial charge in [-0.05, 0) is 38.8 Å².